The quantitative estimate of drug-likeness (QED) is 0.610. The lowest BCUT2D eigenvalue weighted by Gasteiger charge is -2.32. The zero-order chi connectivity index (χ0) is 13.3. The van der Waals surface area contributed by atoms with Gasteiger partial charge in [0, 0.05) is 13.1 Å². The summed E-state index contributed by atoms with van der Waals surface area (Å²) in [5, 5.41) is 10.6. The van der Waals surface area contributed by atoms with Gasteiger partial charge in [-0.05, 0) is 24.8 Å². The second-order valence-corrected chi connectivity index (χ2v) is 5.09. The van der Waals surface area contributed by atoms with Crippen molar-refractivity contribution in [3.63, 3.8) is 0 Å². The topological polar surface area (TPSA) is 46.4 Å². The van der Waals surface area contributed by atoms with Crippen LogP contribution in [0, 0.1) is 21.8 Å². The van der Waals surface area contributed by atoms with Crippen molar-refractivity contribution in [3.8, 4) is 0 Å². The minimum absolute atomic E-state index is 0.0185. The minimum Gasteiger partial charge on any atom is -0.369 e. The molecule has 2 rings (SSSR count). The zero-order valence-electron chi connectivity index (χ0n) is 10.0. The van der Waals surface area contributed by atoms with Gasteiger partial charge >= 0.3 is 0 Å². The maximum atomic E-state index is 13.9. The van der Waals surface area contributed by atoms with Crippen LogP contribution in [0.1, 0.15) is 19.8 Å². The molecule has 0 aliphatic carbocycles. The third-order valence-electron chi connectivity index (χ3n) is 3.34. The van der Waals surface area contributed by atoms with Gasteiger partial charge in [-0.1, -0.05) is 18.5 Å². The molecule has 0 spiro atoms. The first-order valence-electron chi connectivity index (χ1n) is 5.87. The number of hydrogen-bond donors (Lipinski definition) is 0. The molecule has 0 N–H and O–H groups in total. The van der Waals surface area contributed by atoms with E-state index in [1.807, 2.05) is 4.90 Å². The normalized spacial score (nSPS) is 16.9. The van der Waals surface area contributed by atoms with Crippen LogP contribution < -0.4 is 4.90 Å². The first-order chi connectivity index (χ1) is 8.49. The Labute approximate surface area is 109 Å². The van der Waals surface area contributed by atoms with Crippen LogP contribution in [0.4, 0.5) is 15.8 Å². The van der Waals surface area contributed by atoms with Gasteiger partial charge in [-0.15, -0.1) is 0 Å². The molecule has 1 saturated heterocycles. The number of halogens is 2. The summed E-state index contributed by atoms with van der Waals surface area (Å²) in [5.41, 5.74) is -0.0270. The Morgan fingerprint density at radius 1 is 1.44 bits per heavy atom. The molecule has 18 heavy (non-hydrogen) atoms. The summed E-state index contributed by atoms with van der Waals surface area (Å²) >= 11 is 5.81. The Morgan fingerprint density at radius 3 is 2.61 bits per heavy atom. The van der Waals surface area contributed by atoms with Gasteiger partial charge in [0.1, 0.15) is 5.02 Å². The van der Waals surface area contributed by atoms with Crippen molar-refractivity contribution in [2.45, 2.75) is 19.8 Å². The first kappa shape index (κ1) is 13.1. The van der Waals surface area contributed by atoms with Crippen LogP contribution in [0.15, 0.2) is 12.1 Å². The van der Waals surface area contributed by atoms with Crippen molar-refractivity contribution < 1.29 is 9.31 Å². The second-order valence-electron chi connectivity index (χ2n) is 4.68. The van der Waals surface area contributed by atoms with Crippen molar-refractivity contribution in [3.05, 3.63) is 33.1 Å². The molecule has 0 aromatic heterocycles. The molecule has 1 fully saturated rings. The maximum absolute atomic E-state index is 13.9. The molecule has 1 heterocycles. The van der Waals surface area contributed by atoms with Crippen LogP contribution in [0.25, 0.3) is 0 Å². The van der Waals surface area contributed by atoms with E-state index >= 15 is 0 Å². The Kier molecular flexibility index (Phi) is 3.71. The summed E-state index contributed by atoms with van der Waals surface area (Å²) in [6.45, 7) is 3.68. The van der Waals surface area contributed by atoms with Crippen LogP contribution in [-0.2, 0) is 0 Å². The third kappa shape index (κ3) is 2.56. The largest absolute Gasteiger partial charge is 0.369 e. The Hall–Kier alpha value is -1.36. The summed E-state index contributed by atoms with van der Waals surface area (Å²) in [6.07, 6.45) is 1.99. The second kappa shape index (κ2) is 5.10. The van der Waals surface area contributed by atoms with E-state index in [4.69, 9.17) is 11.6 Å². The van der Waals surface area contributed by atoms with E-state index in [-0.39, 0.29) is 10.7 Å². The van der Waals surface area contributed by atoms with E-state index in [1.165, 1.54) is 6.07 Å². The lowest BCUT2D eigenvalue weighted by atomic mass is 9.99. The summed E-state index contributed by atoms with van der Waals surface area (Å²) in [6, 6.07) is 2.25. The molecule has 1 aromatic carbocycles. The predicted octanol–water partition coefficient (Wildman–Crippen LogP) is 3.62. The number of anilines is 1. The average Bonchev–Trinajstić information content (AvgIpc) is 2.32. The highest BCUT2D eigenvalue weighted by Crippen LogP contribution is 2.33. The molecule has 0 atom stereocenters. The van der Waals surface area contributed by atoms with Crippen LogP contribution in [0.5, 0.6) is 0 Å². The number of nitro benzene ring substituents is 1. The fourth-order valence-corrected chi connectivity index (χ4v) is 2.38. The third-order valence-corrected chi connectivity index (χ3v) is 3.64. The summed E-state index contributed by atoms with van der Waals surface area (Å²) in [5.74, 6) is 0.0542. The Morgan fingerprint density at radius 2 is 2.06 bits per heavy atom. The molecule has 0 bridgehead atoms. The molecule has 1 aromatic rings. The lowest BCUT2D eigenvalue weighted by Crippen LogP contribution is -2.33. The van der Waals surface area contributed by atoms with Gasteiger partial charge in [-0.25, -0.2) is 4.39 Å². The maximum Gasteiger partial charge on any atom is 0.290 e. The zero-order valence-corrected chi connectivity index (χ0v) is 10.8. The summed E-state index contributed by atoms with van der Waals surface area (Å²) < 4.78 is 13.9. The molecule has 1 aliphatic heterocycles. The Bertz CT molecular complexity index is 473. The van der Waals surface area contributed by atoms with Gasteiger partial charge in [-0.3, -0.25) is 10.1 Å². The molecule has 1 aliphatic rings. The molecular formula is C12H14ClFN2O2. The van der Waals surface area contributed by atoms with E-state index in [9.17, 15) is 14.5 Å². The van der Waals surface area contributed by atoms with E-state index in [0.717, 1.165) is 32.0 Å². The van der Waals surface area contributed by atoms with Crippen molar-refractivity contribution in [2.75, 3.05) is 18.0 Å². The van der Waals surface area contributed by atoms with Crippen molar-refractivity contribution in [1.29, 1.82) is 0 Å². The fourth-order valence-electron chi connectivity index (χ4n) is 2.16. The number of piperidine rings is 1. The number of rotatable bonds is 2. The molecule has 4 nitrogen and oxygen atoms in total. The minimum atomic E-state index is -0.673. The van der Waals surface area contributed by atoms with Gasteiger partial charge < -0.3 is 4.90 Å². The summed E-state index contributed by atoms with van der Waals surface area (Å²) in [4.78, 5) is 11.9. The number of benzene rings is 1. The van der Waals surface area contributed by atoms with Gasteiger partial charge in [0.05, 0.1) is 16.7 Å². The van der Waals surface area contributed by atoms with Gasteiger partial charge in [-0.2, -0.15) is 0 Å². The standard InChI is InChI=1S/C12H14ClFN2O2/c1-8-2-4-15(5-3-8)12-6-9(13)11(16(17)18)7-10(12)14/h6-8H,2-5H2,1H3. The van der Waals surface area contributed by atoms with Gasteiger partial charge in [0.15, 0.2) is 5.82 Å². The van der Waals surface area contributed by atoms with E-state index in [2.05, 4.69) is 6.92 Å². The molecular weight excluding hydrogens is 259 g/mol. The molecule has 0 radical (unpaired) electrons. The average molecular weight is 273 g/mol. The molecule has 0 amide bonds. The fraction of sp³-hybridized carbons (Fsp3) is 0.500. The van der Waals surface area contributed by atoms with Crippen LogP contribution in [-0.4, -0.2) is 18.0 Å². The molecule has 0 unspecified atom stereocenters. The van der Waals surface area contributed by atoms with E-state index < -0.39 is 10.7 Å². The lowest BCUT2D eigenvalue weighted by molar-refractivity contribution is -0.384. The monoisotopic (exact) mass is 272 g/mol. The molecule has 98 valence electrons. The smallest absolute Gasteiger partial charge is 0.290 e. The van der Waals surface area contributed by atoms with E-state index in [0.29, 0.717) is 11.6 Å². The highest BCUT2D eigenvalue weighted by atomic mass is 35.5. The first-order valence-corrected chi connectivity index (χ1v) is 6.25. The highest BCUT2D eigenvalue weighted by Gasteiger charge is 2.23. The highest BCUT2D eigenvalue weighted by molar-refractivity contribution is 6.32. The van der Waals surface area contributed by atoms with Crippen LogP contribution >= 0.6 is 11.6 Å². The van der Waals surface area contributed by atoms with Gasteiger partial charge in [0.2, 0.25) is 0 Å². The van der Waals surface area contributed by atoms with Gasteiger partial charge in [0.25, 0.3) is 5.69 Å². The Balaban J connectivity index is 2.29. The predicted molar refractivity (Wildman–Crippen MR) is 68.7 cm³/mol. The summed E-state index contributed by atoms with van der Waals surface area (Å²) in [7, 11) is 0. The number of nitrogens with zero attached hydrogens (tertiary/aromatic N) is 2. The molecule has 6 heteroatoms. The van der Waals surface area contributed by atoms with Crippen molar-refractivity contribution >= 4 is 23.0 Å². The van der Waals surface area contributed by atoms with Crippen molar-refractivity contribution in [1.82, 2.24) is 0 Å². The van der Waals surface area contributed by atoms with Crippen LogP contribution in [0.2, 0.25) is 5.02 Å². The van der Waals surface area contributed by atoms with E-state index in [1.54, 1.807) is 0 Å². The SMILES string of the molecule is CC1CCN(c2cc(Cl)c([N+](=O)[O-])cc2F)CC1. The molecule has 0 saturated carbocycles. The number of hydrogen-bond acceptors (Lipinski definition) is 3. The van der Waals surface area contributed by atoms with Crippen molar-refractivity contribution in [2.24, 2.45) is 5.92 Å². The number of nitro groups is 1. The van der Waals surface area contributed by atoms with Crippen LogP contribution in [0.3, 0.4) is 0 Å².